The number of carbonyl (C=O) groups is 1. The first kappa shape index (κ1) is 28.3. The maximum atomic E-state index is 11.4. The van der Waals surface area contributed by atoms with E-state index in [0.717, 1.165) is 12.5 Å². The van der Waals surface area contributed by atoms with Gasteiger partial charge in [0.2, 0.25) is 6.29 Å². The summed E-state index contributed by atoms with van der Waals surface area (Å²) in [6, 6.07) is 5.12. The molecule has 1 aromatic carbocycles. The predicted molar refractivity (Wildman–Crippen MR) is 122 cm³/mol. The maximum Gasteiger partial charge on any atom is 0.303 e. The maximum absolute atomic E-state index is 11.4. The molecule has 0 unspecified atom stereocenters. The van der Waals surface area contributed by atoms with Gasteiger partial charge >= 0.3 is 5.97 Å². The van der Waals surface area contributed by atoms with Gasteiger partial charge in [-0.05, 0) is 31.0 Å². The SMILES string of the molecule is C=CCc1ccc(O[C@@H]2O[C@H](CO[C@@H]3O[C@@H](C)[C@H](O)[C@@H](OC(C)=O)[C@H]3O)[C@@H](O)[C@H](O)[C@H]2O)c(OC)c1. The zero-order valence-corrected chi connectivity index (χ0v) is 20.3. The molecule has 0 aliphatic carbocycles. The monoisotopic (exact) mass is 514 g/mol. The number of ether oxygens (including phenoxy) is 6. The number of hydrogen-bond donors (Lipinski definition) is 5. The van der Waals surface area contributed by atoms with Crippen molar-refractivity contribution >= 4 is 5.97 Å². The van der Waals surface area contributed by atoms with Crippen LogP contribution < -0.4 is 9.47 Å². The molecule has 12 heteroatoms. The minimum absolute atomic E-state index is 0.232. The molecule has 0 radical (unpaired) electrons. The summed E-state index contributed by atoms with van der Waals surface area (Å²) in [6.45, 7) is 5.93. The smallest absolute Gasteiger partial charge is 0.303 e. The van der Waals surface area contributed by atoms with Crippen molar-refractivity contribution in [2.45, 2.75) is 81.7 Å². The van der Waals surface area contributed by atoms with E-state index < -0.39 is 74.0 Å². The van der Waals surface area contributed by atoms with Crippen LogP contribution in [0.15, 0.2) is 30.9 Å². The molecule has 2 heterocycles. The number of methoxy groups -OCH3 is 1. The molecule has 5 N–H and O–H groups in total. The van der Waals surface area contributed by atoms with E-state index in [0.29, 0.717) is 12.2 Å². The highest BCUT2D eigenvalue weighted by Gasteiger charge is 2.48. The van der Waals surface area contributed by atoms with Crippen molar-refractivity contribution in [2.75, 3.05) is 13.7 Å². The van der Waals surface area contributed by atoms with Crippen molar-refractivity contribution < 1.29 is 58.7 Å². The second-order valence-corrected chi connectivity index (χ2v) is 8.71. The number of carbonyl (C=O) groups excluding carboxylic acids is 1. The molecule has 1 aromatic rings. The molecule has 3 rings (SSSR count). The number of allylic oxidation sites excluding steroid dienone is 1. The van der Waals surface area contributed by atoms with E-state index in [4.69, 9.17) is 28.4 Å². The summed E-state index contributed by atoms with van der Waals surface area (Å²) in [5.41, 5.74) is 0.915. The number of rotatable bonds is 9. The second-order valence-electron chi connectivity index (χ2n) is 8.71. The predicted octanol–water partition coefficient (Wildman–Crippen LogP) is -0.975. The molecule has 0 bridgehead atoms. The van der Waals surface area contributed by atoms with Crippen LogP contribution in [0.3, 0.4) is 0 Å². The Morgan fingerprint density at radius 2 is 1.72 bits per heavy atom. The van der Waals surface area contributed by atoms with Crippen molar-refractivity contribution in [2.24, 2.45) is 0 Å². The third kappa shape index (κ3) is 6.33. The van der Waals surface area contributed by atoms with Crippen LogP contribution in [0.25, 0.3) is 0 Å². The minimum atomic E-state index is -1.64. The van der Waals surface area contributed by atoms with Gasteiger partial charge in [-0.3, -0.25) is 4.79 Å². The van der Waals surface area contributed by atoms with Crippen LogP contribution >= 0.6 is 0 Å². The molecule has 0 spiro atoms. The molecule has 36 heavy (non-hydrogen) atoms. The van der Waals surface area contributed by atoms with Gasteiger partial charge in [-0.25, -0.2) is 0 Å². The summed E-state index contributed by atoms with van der Waals surface area (Å²) in [7, 11) is 1.45. The van der Waals surface area contributed by atoms with Gasteiger partial charge in [-0.1, -0.05) is 12.1 Å². The average Bonchev–Trinajstić information content (AvgIpc) is 2.85. The van der Waals surface area contributed by atoms with Crippen LogP contribution in [0.2, 0.25) is 0 Å². The van der Waals surface area contributed by atoms with Gasteiger partial charge in [0.1, 0.15) is 36.6 Å². The molecule has 12 nitrogen and oxygen atoms in total. The summed E-state index contributed by atoms with van der Waals surface area (Å²) in [4.78, 5) is 11.4. The normalized spacial score (nSPS) is 36.7. The van der Waals surface area contributed by atoms with Crippen molar-refractivity contribution in [3.05, 3.63) is 36.4 Å². The summed E-state index contributed by atoms with van der Waals surface area (Å²) in [5.74, 6) is -0.112. The summed E-state index contributed by atoms with van der Waals surface area (Å²) in [6.07, 6.45) is -11.4. The minimum Gasteiger partial charge on any atom is -0.493 e. The Hall–Kier alpha value is -2.29. The molecule has 2 saturated heterocycles. The molecule has 0 aromatic heterocycles. The standard InChI is InChI=1S/C24H34O12/c1-5-6-13-7-8-14(15(9-13)31-4)35-24-20(29)19(28)18(27)16(36-24)10-32-23-21(30)22(34-12(3)25)17(26)11(2)33-23/h5,7-9,11,16-24,26-30H,1,6,10H2,2-4H3/t11-,16+,17-,18+,19-,20+,21+,22+,23+,24+/m0/s1. The Balaban J connectivity index is 1.69. The fourth-order valence-corrected chi connectivity index (χ4v) is 4.03. The third-order valence-corrected chi connectivity index (χ3v) is 6.03. The molecule has 2 aliphatic heterocycles. The Bertz CT molecular complexity index is 894. The lowest BCUT2D eigenvalue weighted by molar-refractivity contribution is -0.319. The van der Waals surface area contributed by atoms with E-state index in [9.17, 15) is 30.3 Å². The number of aliphatic hydroxyl groups is 5. The lowest BCUT2D eigenvalue weighted by atomic mass is 9.98. The molecule has 2 fully saturated rings. The van der Waals surface area contributed by atoms with E-state index in [1.54, 1.807) is 24.3 Å². The number of aliphatic hydroxyl groups excluding tert-OH is 5. The Labute approximate surface area is 208 Å². The van der Waals surface area contributed by atoms with Crippen LogP contribution in [0.5, 0.6) is 11.5 Å². The molecule has 10 atom stereocenters. The summed E-state index contributed by atoms with van der Waals surface area (Å²) in [5, 5.41) is 51.9. The Morgan fingerprint density at radius 1 is 1.00 bits per heavy atom. The van der Waals surface area contributed by atoms with Crippen molar-refractivity contribution in [3.63, 3.8) is 0 Å². The van der Waals surface area contributed by atoms with Gasteiger partial charge in [0.05, 0.1) is 19.8 Å². The van der Waals surface area contributed by atoms with Gasteiger partial charge in [-0.15, -0.1) is 6.58 Å². The van der Waals surface area contributed by atoms with Crippen LogP contribution in [0, 0.1) is 0 Å². The van der Waals surface area contributed by atoms with Crippen LogP contribution in [-0.2, 0) is 30.2 Å². The highest BCUT2D eigenvalue weighted by molar-refractivity contribution is 5.66. The lowest BCUT2D eigenvalue weighted by Crippen LogP contribution is -2.62. The fourth-order valence-electron chi connectivity index (χ4n) is 4.03. The Kier molecular flexibility index (Phi) is 9.66. The van der Waals surface area contributed by atoms with Gasteiger partial charge in [0, 0.05) is 6.92 Å². The second kappa shape index (κ2) is 12.3. The topological polar surface area (TPSA) is 174 Å². The quantitative estimate of drug-likeness (QED) is 0.202. The first-order chi connectivity index (χ1) is 17.1. The Morgan fingerprint density at radius 3 is 2.36 bits per heavy atom. The van der Waals surface area contributed by atoms with E-state index >= 15 is 0 Å². The average molecular weight is 515 g/mol. The zero-order valence-electron chi connectivity index (χ0n) is 20.3. The molecule has 202 valence electrons. The zero-order chi connectivity index (χ0) is 26.6. The fraction of sp³-hybridized carbons (Fsp3) is 0.625. The molecular weight excluding hydrogens is 480 g/mol. The van der Waals surface area contributed by atoms with Crippen molar-refractivity contribution in [1.29, 1.82) is 0 Å². The third-order valence-electron chi connectivity index (χ3n) is 6.03. The van der Waals surface area contributed by atoms with Crippen LogP contribution in [-0.4, -0.2) is 107 Å². The largest absolute Gasteiger partial charge is 0.493 e. The first-order valence-corrected chi connectivity index (χ1v) is 11.5. The van der Waals surface area contributed by atoms with E-state index in [1.165, 1.54) is 14.0 Å². The number of esters is 1. The molecular formula is C24H34O12. The summed E-state index contributed by atoms with van der Waals surface area (Å²) >= 11 is 0. The molecule has 0 amide bonds. The van der Waals surface area contributed by atoms with E-state index in [-0.39, 0.29) is 5.75 Å². The van der Waals surface area contributed by atoms with Crippen molar-refractivity contribution in [1.82, 2.24) is 0 Å². The van der Waals surface area contributed by atoms with Gasteiger partial charge < -0.3 is 54.0 Å². The molecule has 0 saturated carbocycles. The van der Waals surface area contributed by atoms with Gasteiger partial charge in [0.15, 0.2) is 23.9 Å². The lowest BCUT2D eigenvalue weighted by Gasteiger charge is -2.43. The number of benzene rings is 1. The van der Waals surface area contributed by atoms with Gasteiger partial charge in [0.25, 0.3) is 0 Å². The van der Waals surface area contributed by atoms with E-state index in [2.05, 4.69) is 6.58 Å². The summed E-state index contributed by atoms with van der Waals surface area (Å²) < 4.78 is 32.8. The van der Waals surface area contributed by atoms with E-state index in [1.807, 2.05) is 0 Å². The first-order valence-electron chi connectivity index (χ1n) is 11.5. The number of hydrogen-bond acceptors (Lipinski definition) is 12. The van der Waals surface area contributed by atoms with Crippen LogP contribution in [0.1, 0.15) is 19.4 Å². The highest BCUT2D eigenvalue weighted by atomic mass is 16.7. The highest BCUT2D eigenvalue weighted by Crippen LogP contribution is 2.33. The van der Waals surface area contributed by atoms with Crippen LogP contribution in [0.4, 0.5) is 0 Å². The molecule has 2 aliphatic rings. The van der Waals surface area contributed by atoms with Crippen molar-refractivity contribution in [3.8, 4) is 11.5 Å². The van der Waals surface area contributed by atoms with Gasteiger partial charge in [-0.2, -0.15) is 0 Å².